The summed E-state index contributed by atoms with van der Waals surface area (Å²) in [5.74, 6) is 0.937. The molecule has 19 heavy (non-hydrogen) atoms. The first kappa shape index (κ1) is 14.2. The summed E-state index contributed by atoms with van der Waals surface area (Å²) in [5.41, 5.74) is 3.20. The normalized spacial score (nSPS) is 22.7. The van der Waals surface area contributed by atoms with Gasteiger partial charge in [0.05, 0.1) is 19.0 Å². The molecule has 0 radical (unpaired) electrons. The van der Waals surface area contributed by atoms with Crippen molar-refractivity contribution in [3.63, 3.8) is 0 Å². The van der Waals surface area contributed by atoms with Crippen LogP contribution in [0.1, 0.15) is 41.0 Å². The third kappa shape index (κ3) is 2.44. The summed E-state index contributed by atoms with van der Waals surface area (Å²) >= 11 is 0. The molecule has 3 heteroatoms. The van der Waals surface area contributed by atoms with Gasteiger partial charge in [0.2, 0.25) is 0 Å². The highest BCUT2D eigenvalue weighted by Gasteiger charge is 2.42. The average molecular weight is 264 g/mol. The van der Waals surface area contributed by atoms with Gasteiger partial charge in [0.25, 0.3) is 0 Å². The molecule has 1 N–H and O–H groups in total. The zero-order chi connectivity index (χ0) is 14.2. The molecule has 1 heterocycles. The minimum atomic E-state index is -0.446. The van der Waals surface area contributed by atoms with Crippen LogP contribution in [-0.2, 0) is 9.47 Å². The molecule has 0 saturated heterocycles. The summed E-state index contributed by atoms with van der Waals surface area (Å²) in [7, 11) is 0. The van der Waals surface area contributed by atoms with Gasteiger partial charge in [-0.05, 0) is 35.8 Å². The lowest BCUT2D eigenvalue weighted by molar-refractivity contribution is 0.136. The second-order valence-corrected chi connectivity index (χ2v) is 6.23. The Morgan fingerprint density at radius 3 is 2.63 bits per heavy atom. The number of hydrogen-bond acceptors (Lipinski definition) is 3. The van der Waals surface area contributed by atoms with Crippen molar-refractivity contribution in [3.05, 3.63) is 35.0 Å². The molecular formula is C16H24O3. The molecule has 2 rings (SSSR count). The predicted octanol–water partition coefficient (Wildman–Crippen LogP) is 3.52. The lowest BCUT2D eigenvalue weighted by Gasteiger charge is -2.29. The summed E-state index contributed by atoms with van der Waals surface area (Å²) in [6.45, 7) is 11.0. The van der Waals surface area contributed by atoms with Crippen molar-refractivity contribution < 1.29 is 14.6 Å². The van der Waals surface area contributed by atoms with Gasteiger partial charge in [-0.25, -0.2) is 0 Å². The molecule has 0 saturated carbocycles. The summed E-state index contributed by atoms with van der Waals surface area (Å²) in [4.78, 5) is 0. The molecule has 3 nitrogen and oxygen atoms in total. The van der Waals surface area contributed by atoms with E-state index in [4.69, 9.17) is 9.47 Å². The fraction of sp³-hybridized carbons (Fsp3) is 0.625. The van der Waals surface area contributed by atoms with Gasteiger partial charge in [-0.3, -0.25) is 0 Å². The molecule has 0 bridgehead atoms. The Kier molecular flexibility index (Phi) is 3.77. The van der Waals surface area contributed by atoms with Gasteiger partial charge in [-0.1, -0.05) is 27.7 Å². The Bertz CT molecular complexity index is 453. The van der Waals surface area contributed by atoms with Crippen molar-refractivity contribution >= 4 is 0 Å². The number of aliphatic hydroxyl groups excluding tert-OH is 1. The summed E-state index contributed by atoms with van der Waals surface area (Å²) < 4.78 is 11.0. The van der Waals surface area contributed by atoms with Gasteiger partial charge in [-0.2, -0.15) is 0 Å². The molecule has 1 aliphatic carbocycles. The van der Waals surface area contributed by atoms with Crippen LogP contribution in [0.3, 0.4) is 0 Å². The molecule has 2 aliphatic rings. The Balaban J connectivity index is 2.52. The number of hydrogen-bond donors (Lipinski definition) is 1. The van der Waals surface area contributed by atoms with Gasteiger partial charge in [0.1, 0.15) is 6.26 Å². The topological polar surface area (TPSA) is 38.7 Å². The zero-order valence-corrected chi connectivity index (χ0v) is 12.5. The van der Waals surface area contributed by atoms with Crippen molar-refractivity contribution in [2.75, 3.05) is 6.61 Å². The third-order valence-electron chi connectivity index (χ3n) is 3.81. The van der Waals surface area contributed by atoms with Gasteiger partial charge >= 0.3 is 0 Å². The predicted molar refractivity (Wildman–Crippen MR) is 75.1 cm³/mol. The summed E-state index contributed by atoms with van der Waals surface area (Å²) in [5, 5.41) is 10.6. The quantitative estimate of drug-likeness (QED) is 0.844. The van der Waals surface area contributed by atoms with Crippen LogP contribution in [0.2, 0.25) is 0 Å². The first-order chi connectivity index (χ1) is 8.88. The van der Waals surface area contributed by atoms with Gasteiger partial charge in [-0.15, -0.1) is 0 Å². The fourth-order valence-corrected chi connectivity index (χ4v) is 2.94. The maximum Gasteiger partial charge on any atom is 0.161 e. The highest BCUT2D eigenvalue weighted by molar-refractivity contribution is 5.56. The molecule has 0 aromatic carbocycles. The number of rotatable bonds is 4. The van der Waals surface area contributed by atoms with Crippen LogP contribution < -0.4 is 0 Å². The van der Waals surface area contributed by atoms with Gasteiger partial charge in [0.15, 0.2) is 5.76 Å². The summed E-state index contributed by atoms with van der Waals surface area (Å²) in [6.07, 6.45) is 3.85. The maximum atomic E-state index is 10.6. The van der Waals surface area contributed by atoms with Crippen molar-refractivity contribution in [3.8, 4) is 0 Å². The Morgan fingerprint density at radius 2 is 2.05 bits per heavy atom. The van der Waals surface area contributed by atoms with Gasteiger partial charge < -0.3 is 14.6 Å². The molecule has 0 aromatic heterocycles. The number of aliphatic hydroxyl groups is 1. The molecule has 0 aromatic rings. The first-order valence-electron chi connectivity index (χ1n) is 6.99. The standard InChI is InChI=1S/C16H24O3/c1-6-19-12-9-18-8-11-7-16(4,5)14(13(11)12)15(17)10(2)3/h8-10,15,17H,6-7H2,1-5H3. The van der Waals surface area contributed by atoms with Crippen molar-refractivity contribution in [2.24, 2.45) is 11.3 Å². The number of ether oxygens (including phenoxy) is 2. The molecule has 0 amide bonds. The molecular weight excluding hydrogens is 240 g/mol. The SMILES string of the molecule is CCOC1=COC=C2CC(C)(C)C(C(O)C(C)C)=C21. The van der Waals surface area contributed by atoms with Crippen LogP contribution in [0.15, 0.2) is 35.0 Å². The van der Waals surface area contributed by atoms with E-state index in [0.717, 1.165) is 28.9 Å². The summed E-state index contributed by atoms with van der Waals surface area (Å²) in [6, 6.07) is 0. The Morgan fingerprint density at radius 1 is 1.37 bits per heavy atom. The first-order valence-corrected chi connectivity index (χ1v) is 6.99. The third-order valence-corrected chi connectivity index (χ3v) is 3.81. The second kappa shape index (κ2) is 5.04. The zero-order valence-electron chi connectivity index (χ0n) is 12.5. The van der Waals surface area contributed by atoms with E-state index in [-0.39, 0.29) is 11.3 Å². The van der Waals surface area contributed by atoms with Crippen LogP contribution >= 0.6 is 0 Å². The highest BCUT2D eigenvalue weighted by Crippen LogP contribution is 2.51. The van der Waals surface area contributed by atoms with E-state index in [0.29, 0.717) is 6.61 Å². The number of fused-ring (bicyclic) bond motifs is 1. The monoisotopic (exact) mass is 264 g/mol. The Labute approximate surface area is 115 Å². The van der Waals surface area contributed by atoms with Crippen molar-refractivity contribution in [1.29, 1.82) is 0 Å². The van der Waals surface area contributed by atoms with E-state index in [1.54, 1.807) is 12.5 Å². The van der Waals surface area contributed by atoms with E-state index in [1.807, 2.05) is 20.8 Å². The molecule has 1 atom stereocenters. The van der Waals surface area contributed by atoms with Crippen molar-refractivity contribution in [2.45, 2.75) is 47.1 Å². The maximum absolute atomic E-state index is 10.6. The smallest absolute Gasteiger partial charge is 0.161 e. The largest absolute Gasteiger partial charge is 0.490 e. The average Bonchev–Trinajstić information content (AvgIpc) is 2.59. The molecule has 0 spiro atoms. The lowest BCUT2D eigenvalue weighted by atomic mass is 9.79. The van der Waals surface area contributed by atoms with Crippen LogP contribution in [0, 0.1) is 11.3 Å². The molecule has 1 unspecified atom stereocenters. The second-order valence-electron chi connectivity index (χ2n) is 6.23. The van der Waals surface area contributed by atoms with Gasteiger partial charge in [0, 0.05) is 5.57 Å². The van der Waals surface area contributed by atoms with Crippen LogP contribution in [0.25, 0.3) is 0 Å². The molecule has 0 fully saturated rings. The Hall–Kier alpha value is -1.22. The molecule has 1 aliphatic heterocycles. The minimum Gasteiger partial charge on any atom is -0.490 e. The minimum absolute atomic E-state index is 0.0608. The van der Waals surface area contributed by atoms with E-state index >= 15 is 0 Å². The van der Waals surface area contributed by atoms with Crippen LogP contribution in [-0.4, -0.2) is 17.8 Å². The fourth-order valence-electron chi connectivity index (χ4n) is 2.94. The van der Waals surface area contributed by atoms with Crippen molar-refractivity contribution in [1.82, 2.24) is 0 Å². The molecule has 106 valence electrons. The van der Waals surface area contributed by atoms with Crippen LogP contribution in [0.5, 0.6) is 0 Å². The van der Waals surface area contributed by atoms with Crippen LogP contribution in [0.4, 0.5) is 0 Å². The van der Waals surface area contributed by atoms with E-state index < -0.39 is 6.10 Å². The number of allylic oxidation sites excluding steroid dienone is 1. The highest BCUT2D eigenvalue weighted by atomic mass is 16.5. The lowest BCUT2D eigenvalue weighted by Crippen LogP contribution is -2.27. The van der Waals surface area contributed by atoms with E-state index in [9.17, 15) is 5.11 Å². The van der Waals surface area contributed by atoms with E-state index in [2.05, 4.69) is 13.8 Å². The van der Waals surface area contributed by atoms with E-state index in [1.165, 1.54) is 0 Å².